The predicted octanol–water partition coefficient (Wildman–Crippen LogP) is 2.61. The van der Waals surface area contributed by atoms with Crippen LogP contribution in [0.2, 0.25) is 0 Å². The van der Waals surface area contributed by atoms with E-state index in [0.717, 1.165) is 36.3 Å². The summed E-state index contributed by atoms with van der Waals surface area (Å²) >= 11 is 0. The van der Waals surface area contributed by atoms with Gasteiger partial charge in [0.15, 0.2) is 0 Å². The van der Waals surface area contributed by atoms with Gasteiger partial charge in [-0.2, -0.15) is 0 Å². The van der Waals surface area contributed by atoms with Gasteiger partial charge in [0.1, 0.15) is 0 Å². The molecule has 0 heterocycles. The van der Waals surface area contributed by atoms with Crippen LogP contribution in [-0.4, -0.2) is 19.1 Å². The minimum atomic E-state index is -0.266. The van der Waals surface area contributed by atoms with Crippen molar-refractivity contribution in [3.8, 4) is 0 Å². The van der Waals surface area contributed by atoms with E-state index in [1.54, 1.807) is 0 Å². The number of carbonyl (C=O) groups excluding carboxylic acids is 1. The molecule has 4 unspecified atom stereocenters. The molecule has 0 saturated heterocycles. The van der Waals surface area contributed by atoms with Gasteiger partial charge in [-0.3, -0.25) is 0 Å². The maximum absolute atomic E-state index is 11.4. The molecule has 0 radical (unpaired) electrons. The van der Waals surface area contributed by atoms with Crippen molar-refractivity contribution in [1.82, 2.24) is 5.32 Å². The highest BCUT2D eigenvalue weighted by Crippen LogP contribution is 2.65. The topological polar surface area (TPSA) is 38.3 Å². The fourth-order valence-corrected chi connectivity index (χ4v) is 4.71. The summed E-state index contributed by atoms with van der Waals surface area (Å²) in [5.41, 5.74) is 1.87. The van der Waals surface area contributed by atoms with Gasteiger partial charge in [-0.25, -0.2) is 4.79 Å². The van der Waals surface area contributed by atoms with Gasteiger partial charge < -0.3 is 10.1 Å². The summed E-state index contributed by atoms with van der Waals surface area (Å²) in [5, 5.41) is 3.72. The first-order valence-corrected chi connectivity index (χ1v) is 7.68. The average molecular weight is 271 g/mol. The lowest BCUT2D eigenvalue weighted by Crippen LogP contribution is -2.22. The van der Waals surface area contributed by atoms with Crippen LogP contribution in [0, 0.1) is 23.7 Å². The van der Waals surface area contributed by atoms with Crippen molar-refractivity contribution in [2.45, 2.75) is 31.8 Å². The SMILES string of the molecule is COC(=O)c1ccc(CNC2C3C4CCC(C4)C23)cc1. The van der Waals surface area contributed by atoms with Crippen LogP contribution in [0.25, 0.3) is 0 Å². The molecule has 1 aromatic rings. The Morgan fingerprint density at radius 1 is 1.20 bits per heavy atom. The molecule has 2 bridgehead atoms. The molecule has 3 nitrogen and oxygen atoms in total. The summed E-state index contributed by atoms with van der Waals surface area (Å²) in [6.45, 7) is 0.915. The monoisotopic (exact) mass is 271 g/mol. The lowest BCUT2D eigenvalue weighted by molar-refractivity contribution is 0.0600. The van der Waals surface area contributed by atoms with Crippen LogP contribution >= 0.6 is 0 Å². The van der Waals surface area contributed by atoms with Crippen molar-refractivity contribution in [2.75, 3.05) is 7.11 Å². The predicted molar refractivity (Wildman–Crippen MR) is 76.2 cm³/mol. The molecule has 4 atom stereocenters. The third kappa shape index (κ3) is 1.87. The van der Waals surface area contributed by atoms with Gasteiger partial charge >= 0.3 is 5.97 Å². The average Bonchev–Trinajstić information content (AvgIpc) is 2.88. The molecule has 1 N–H and O–H groups in total. The van der Waals surface area contributed by atoms with Crippen LogP contribution in [0.3, 0.4) is 0 Å². The van der Waals surface area contributed by atoms with E-state index >= 15 is 0 Å². The first kappa shape index (κ1) is 12.4. The zero-order valence-electron chi connectivity index (χ0n) is 11.8. The molecule has 3 saturated carbocycles. The Balaban J connectivity index is 1.33. The van der Waals surface area contributed by atoms with Crippen LogP contribution < -0.4 is 5.32 Å². The molecular weight excluding hydrogens is 250 g/mol. The molecule has 3 heteroatoms. The molecule has 1 aromatic carbocycles. The van der Waals surface area contributed by atoms with Crippen molar-refractivity contribution >= 4 is 5.97 Å². The van der Waals surface area contributed by atoms with E-state index in [0.29, 0.717) is 5.56 Å². The van der Waals surface area contributed by atoms with E-state index in [9.17, 15) is 4.79 Å². The number of nitrogens with one attached hydrogen (secondary N) is 1. The highest BCUT2D eigenvalue weighted by molar-refractivity contribution is 5.89. The molecule has 3 aliphatic rings. The van der Waals surface area contributed by atoms with Crippen molar-refractivity contribution in [3.05, 3.63) is 35.4 Å². The number of carbonyl (C=O) groups is 1. The van der Waals surface area contributed by atoms with Crippen molar-refractivity contribution in [1.29, 1.82) is 0 Å². The van der Waals surface area contributed by atoms with Crippen LogP contribution in [0.15, 0.2) is 24.3 Å². The lowest BCUT2D eigenvalue weighted by Gasteiger charge is -2.10. The standard InChI is InChI=1S/C17H21NO2/c1-20-17(19)11-4-2-10(3-5-11)9-18-16-14-12-6-7-13(8-12)15(14)16/h2-5,12-16,18H,6-9H2,1H3. The van der Waals surface area contributed by atoms with E-state index in [2.05, 4.69) is 5.32 Å². The van der Waals surface area contributed by atoms with Crippen molar-refractivity contribution in [2.24, 2.45) is 23.7 Å². The van der Waals surface area contributed by atoms with Crippen molar-refractivity contribution < 1.29 is 9.53 Å². The smallest absolute Gasteiger partial charge is 0.337 e. The minimum Gasteiger partial charge on any atom is -0.465 e. The van der Waals surface area contributed by atoms with Gasteiger partial charge in [-0.1, -0.05) is 12.1 Å². The number of ether oxygens (including phenoxy) is 1. The van der Waals surface area contributed by atoms with Crippen LogP contribution in [-0.2, 0) is 11.3 Å². The molecule has 0 spiro atoms. The van der Waals surface area contributed by atoms with E-state index in [4.69, 9.17) is 4.74 Å². The largest absolute Gasteiger partial charge is 0.465 e. The van der Waals surface area contributed by atoms with Gasteiger partial charge in [0, 0.05) is 12.6 Å². The van der Waals surface area contributed by atoms with E-state index < -0.39 is 0 Å². The third-order valence-corrected chi connectivity index (χ3v) is 5.65. The van der Waals surface area contributed by atoms with Crippen LogP contribution in [0.1, 0.15) is 35.2 Å². The summed E-state index contributed by atoms with van der Waals surface area (Å²) in [4.78, 5) is 11.4. The number of hydrogen-bond donors (Lipinski definition) is 1. The first-order chi connectivity index (χ1) is 9.78. The Morgan fingerprint density at radius 3 is 2.45 bits per heavy atom. The summed E-state index contributed by atoms with van der Waals surface area (Å²) in [6, 6.07) is 8.50. The van der Waals surface area contributed by atoms with Crippen LogP contribution in [0.5, 0.6) is 0 Å². The zero-order valence-corrected chi connectivity index (χ0v) is 11.8. The fraction of sp³-hybridized carbons (Fsp3) is 0.588. The zero-order chi connectivity index (χ0) is 13.7. The van der Waals surface area contributed by atoms with Gasteiger partial charge in [-0.05, 0) is 60.6 Å². The Hall–Kier alpha value is -1.35. The quantitative estimate of drug-likeness (QED) is 0.855. The molecule has 4 rings (SSSR count). The third-order valence-electron chi connectivity index (χ3n) is 5.65. The van der Waals surface area contributed by atoms with Crippen LogP contribution in [0.4, 0.5) is 0 Å². The van der Waals surface area contributed by atoms with Gasteiger partial charge in [0.2, 0.25) is 0 Å². The van der Waals surface area contributed by atoms with E-state index in [1.165, 1.54) is 31.9 Å². The second-order valence-electron chi connectivity index (χ2n) is 6.58. The highest BCUT2D eigenvalue weighted by atomic mass is 16.5. The highest BCUT2D eigenvalue weighted by Gasteiger charge is 2.64. The second-order valence-corrected chi connectivity index (χ2v) is 6.58. The Morgan fingerprint density at radius 2 is 1.85 bits per heavy atom. The molecular formula is C17H21NO2. The summed E-state index contributed by atoms with van der Waals surface area (Å²) in [6.07, 6.45) is 4.44. The number of fused-ring (bicyclic) bond motifs is 5. The number of esters is 1. The molecule has 3 fully saturated rings. The summed E-state index contributed by atoms with van der Waals surface area (Å²) in [5.74, 6) is 3.72. The minimum absolute atomic E-state index is 0.266. The number of hydrogen-bond acceptors (Lipinski definition) is 3. The summed E-state index contributed by atoms with van der Waals surface area (Å²) < 4.78 is 4.71. The Bertz CT molecular complexity index is 508. The molecule has 0 aliphatic heterocycles. The van der Waals surface area contributed by atoms with E-state index in [-0.39, 0.29) is 5.97 Å². The first-order valence-electron chi connectivity index (χ1n) is 7.68. The molecule has 20 heavy (non-hydrogen) atoms. The number of rotatable bonds is 4. The van der Waals surface area contributed by atoms with Crippen molar-refractivity contribution in [3.63, 3.8) is 0 Å². The second kappa shape index (κ2) is 4.59. The van der Waals surface area contributed by atoms with Gasteiger partial charge in [0.05, 0.1) is 12.7 Å². The number of methoxy groups -OCH3 is 1. The number of benzene rings is 1. The molecule has 0 amide bonds. The van der Waals surface area contributed by atoms with E-state index in [1.807, 2.05) is 24.3 Å². The molecule has 106 valence electrons. The maximum atomic E-state index is 11.4. The normalized spacial score (nSPS) is 36.8. The van der Waals surface area contributed by atoms with Gasteiger partial charge in [-0.15, -0.1) is 0 Å². The fourth-order valence-electron chi connectivity index (χ4n) is 4.71. The molecule has 3 aliphatic carbocycles. The lowest BCUT2D eigenvalue weighted by atomic mass is 10.0. The Kier molecular flexibility index (Phi) is 2.84. The summed E-state index contributed by atoms with van der Waals surface area (Å²) in [7, 11) is 1.41. The maximum Gasteiger partial charge on any atom is 0.337 e. The molecule has 0 aromatic heterocycles. The van der Waals surface area contributed by atoms with Gasteiger partial charge in [0.25, 0.3) is 0 Å². The Labute approximate surface area is 119 Å².